The highest BCUT2D eigenvalue weighted by Crippen LogP contribution is 2.28. The summed E-state index contributed by atoms with van der Waals surface area (Å²) in [5.74, 6) is 1.01. The first kappa shape index (κ1) is 17.5. The molecule has 1 aliphatic carbocycles. The van der Waals surface area contributed by atoms with Gasteiger partial charge in [-0.1, -0.05) is 30.3 Å². The quantitative estimate of drug-likeness (QED) is 0.695. The van der Waals surface area contributed by atoms with Crippen LogP contribution in [0.15, 0.2) is 36.5 Å². The van der Waals surface area contributed by atoms with E-state index in [1.165, 1.54) is 18.4 Å². The van der Waals surface area contributed by atoms with Crippen LogP contribution in [0.4, 0.5) is 5.95 Å². The minimum Gasteiger partial charge on any atom is -0.350 e. The third-order valence-electron chi connectivity index (χ3n) is 4.96. The molecule has 0 bridgehead atoms. The van der Waals surface area contributed by atoms with E-state index in [1.807, 2.05) is 37.2 Å². The van der Waals surface area contributed by atoms with Crippen LogP contribution in [0.3, 0.4) is 0 Å². The van der Waals surface area contributed by atoms with E-state index in [4.69, 9.17) is 0 Å². The van der Waals surface area contributed by atoms with Gasteiger partial charge >= 0.3 is 0 Å². The number of nitrogens with one attached hydrogen (secondary N) is 1. The topological polar surface area (TPSA) is 75.9 Å². The van der Waals surface area contributed by atoms with Gasteiger partial charge in [-0.05, 0) is 30.7 Å². The molecule has 1 aromatic carbocycles. The Morgan fingerprint density at radius 1 is 1.26 bits per heavy atom. The molecule has 0 radical (unpaired) electrons. The van der Waals surface area contributed by atoms with Crippen molar-refractivity contribution in [1.29, 1.82) is 0 Å². The van der Waals surface area contributed by atoms with Crippen LogP contribution in [0.1, 0.15) is 28.9 Å². The highest BCUT2D eigenvalue weighted by molar-refractivity contribution is 6.03. The molecule has 0 unspecified atom stereocenters. The summed E-state index contributed by atoms with van der Waals surface area (Å²) >= 11 is 0. The molecule has 2 aromatic heterocycles. The molecule has 4 rings (SSSR count). The molecule has 3 aromatic rings. The summed E-state index contributed by atoms with van der Waals surface area (Å²) in [6, 6.07) is 10.3. The molecule has 1 N–H and O–H groups in total. The highest BCUT2D eigenvalue weighted by Gasteiger charge is 2.24. The fourth-order valence-corrected chi connectivity index (χ4v) is 3.04. The summed E-state index contributed by atoms with van der Waals surface area (Å²) in [7, 11) is 3.78. The van der Waals surface area contributed by atoms with Gasteiger partial charge in [0.05, 0.1) is 11.6 Å². The molecule has 140 valence electrons. The van der Waals surface area contributed by atoms with Gasteiger partial charge in [0.1, 0.15) is 5.69 Å². The summed E-state index contributed by atoms with van der Waals surface area (Å²) in [6.07, 6.45) is 4.93. The van der Waals surface area contributed by atoms with Crippen molar-refractivity contribution in [2.75, 3.05) is 25.0 Å². The van der Waals surface area contributed by atoms with E-state index in [2.05, 4.69) is 32.5 Å². The van der Waals surface area contributed by atoms with Gasteiger partial charge in [0, 0.05) is 27.2 Å². The summed E-state index contributed by atoms with van der Waals surface area (Å²) in [5.41, 5.74) is 2.33. The Balaban J connectivity index is 1.57. The van der Waals surface area contributed by atoms with Crippen LogP contribution >= 0.6 is 0 Å². The Labute approximate surface area is 158 Å². The van der Waals surface area contributed by atoms with Crippen molar-refractivity contribution < 1.29 is 4.79 Å². The Morgan fingerprint density at radius 3 is 2.78 bits per heavy atom. The number of amides is 1. The van der Waals surface area contributed by atoms with Crippen molar-refractivity contribution in [2.45, 2.75) is 19.3 Å². The molecular weight excluding hydrogens is 340 g/mol. The second-order valence-electron chi connectivity index (χ2n) is 7.19. The fourth-order valence-electron chi connectivity index (χ4n) is 3.04. The lowest BCUT2D eigenvalue weighted by atomic mass is 10.1. The van der Waals surface area contributed by atoms with E-state index in [-0.39, 0.29) is 5.91 Å². The molecule has 1 aliphatic rings. The third-order valence-corrected chi connectivity index (χ3v) is 4.96. The van der Waals surface area contributed by atoms with E-state index in [0.717, 1.165) is 13.0 Å². The molecule has 1 amide bonds. The van der Waals surface area contributed by atoms with Gasteiger partial charge in [-0.3, -0.25) is 9.48 Å². The van der Waals surface area contributed by atoms with E-state index in [9.17, 15) is 4.79 Å². The molecule has 27 heavy (non-hydrogen) atoms. The maximum atomic E-state index is 12.7. The van der Waals surface area contributed by atoms with Crippen LogP contribution in [0.25, 0.3) is 11.0 Å². The lowest BCUT2D eigenvalue weighted by Gasteiger charge is -2.18. The molecular formula is C20H24N6O. The third kappa shape index (κ3) is 3.92. The summed E-state index contributed by atoms with van der Waals surface area (Å²) in [4.78, 5) is 23.9. The van der Waals surface area contributed by atoms with Crippen molar-refractivity contribution >= 4 is 22.9 Å². The van der Waals surface area contributed by atoms with Crippen molar-refractivity contribution in [1.82, 2.24) is 25.1 Å². The number of carbonyl (C=O) groups is 1. The van der Waals surface area contributed by atoms with Gasteiger partial charge in [0.2, 0.25) is 5.95 Å². The van der Waals surface area contributed by atoms with Gasteiger partial charge in [-0.15, -0.1) is 0 Å². The predicted octanol–water partition coefficient (Wildman–Crippen LogP) is 2.18. The average Bonchev–Trinajstić information content (AvgIpc) is 3.46. The van der Waals surface area contributed by atoms with Crippen molar-refractivity contribution in [3.8, 4) is 0 Å². The first-order valence-corrected chi connectivity index (χ1v) is 9.35. The zero-order valence-electron chi connectivity index (χ0n) is 15.7. The van der Waals surface area contributed by atoms with E-state index in [1.54, 1.807) is 10.9 Å². The van der Waals surface area contributed by atoms with Crippen LogP contribution < -0.4 is 10.2 Å². The Hall–Kier alpha value is -2.96. The lowest BCUT2D eigenvalue weighted by molar-refractivity contribution is 0.0948. The van der Waals surface area contributed by atoms with Crippen LogP contribution in [0.5, 0.6) is 0 Å². The van der Waals surface area contributed by atoms with Crippen molar-refractivity contribution in [3.05, 3.63) is 47.8 Å². The normalized spacial score (nSPS) is 13.7. The number of anilines is 1. The standard InChI is InChI=1S/C20H24N6O/c1-25(11-10-14-6-4-3-5-7-14)20-23-17(19(27)21-12-15-8-9-15)16-13-22-26(2)18(16)24-20/h3-7,13,15H,8-12H2,1-2H3,(H,21,27). The van der Waals surface area contributed by atoms with Crippen LogP contribution in [0, 0.1) is 5.92 Å². The minimum absolute atomic E-state index is 0.153. The van der Waals surface area contributed by atoms with Crippen molar-refractivity contribution in [3.63, 3.8) is 0 Å². The molecule has 7 nitrogen and oxygen atoms in total. The van der Waals surface area contributed by atoms with E-state index < -0.39 is 0 Å². The van der Waals surface area contributed by atoms with Crippen molar-refractivity contribution in [2.24, 2.45) is 13.0 Å². The number of hydrogen-bond donors (Lipinski definition) is 1. The largest absolute Gasteiger partial charge is 0.350 e. The van der Waals surface area contributed by atoms with Crippen LogP contribution in [-0.2, 0) is 13.5 Å². The maximum Gasteiger partial charge on any atom is 0.270 e. The molecule has 1 saturated carbocycles. The summed E-state index contributed by atoms with van der Waals surface area (Å²) < 4.78 is 1.68. The molecule has 0 saturated heterocycles. The van der Waals surface area contributed by atoms with Gasteiger partial charge < -0.3 is 10.2 Å². The van der Waals surface area contributed by atoms with Gasteiger partial charge in [-0.25, -0.2) is 4.98 Å². The van der Waals surface area contributed by atoms with Crippen LogP contribution in [0.2, 0.25) is 0 Å². The fraction of sp³-hybridized carbons (Fsp3) is 0.400. The lowest BCUT2D eigenvalue weighted by Crippen LogP contribution is -2.29. The second kappa shape index (κ2) is 7.34. The van der Waals surface area contributed by atoms with E-state index in [0.29, 0.717) is 35.1 Å². The summed E-state index contributed by atoms with van der Waals surface area (Å²) in [6.45, 7) is 1.47. The SMILES string of the molecule is CN(CCc1ccccc1)c1nc(C(=O)NCC2CC2)c2cnn(C)c2n1. The number of carbonyl (C=O) groups excluding carboxylic acids is 1. The summed E-state index contributed by atoms with van der Waals surface area (Å²) in [5, 5.41) is 7.94. The zero-order chi connectivity index (χ0) is 18.8. The number of fused-ring (bicyclic) bond motifs is 1. The predicted molar refractivity (Wildman–Crippen MR) is 105 cm³/mol. The van der Waals surface area contributed by atoms with Gasteiger partial charge in [0.15, 0.2) is 5.65 Å². The van der Waals surface area contributed by atoms with Gasteiger partial charge in [-0.2, -0.15) is 10.1 Å². The molecule has 0 atom stereocenters. The average molecular weight is 364 g/mol. The minimum atomic E-state index is -0.153. The van der Waals surface area contributed by atoms with Crippen LogP contribution in [-0.4, -0.2) is 45.8 Å². The molecule has 0 aliphatic heterocycles. The molecule has 2 heterocycles. The number of hydrogen-bond acceptors (Lipinski definition) is 5. The maximum absolute atomic E-state index is 12.7. The second-order valence-corrected chi connectivity index (χ2v) is 7.19. The first-order chi connectivity index (χ1) is 13.1. The number of aryl methyl sites for hydroxylation is 1. The molecule has 7 heteroatoms. The number of benzene rings is 1. The zero-order valence-corrected chi connectivity index (χ0v) is 15.7. The number of aromatic nitrogens is 4. The molecule has 0 spiro atoms. The highest BCUT2D eigenvalue weighted by atomic mass is 16.1. The Bertz CT molecular complexity index is 948. The van der Waals surface area contributed by atoms with Gasteiger partial charge in [0.25, 0.3) is 5.91 Å². The first-order valence-electron chi connectivity index (χ1n) is 9.35. The smallest absolute Gasteiger partial charge is 0.270 e. The Kier molecular flexibility index (Phi) is 4.75. The Morgan fingerprint density at radius 2 is 2.04 bits per heavy atom. The number of likely N-dealkylation sites (N-methyl/N-ethyl adjacent to an activating group) is 1. The molecule has 1 fully saturated rings. The van der Waals surface area contributed by atoms with E-state index >= 15 is 0 Å². The number of nitrogens with zero attached hydrogens (tertiary/aromatic N) is 5. The number of rotatable bonds is 7. The monoisotopic (exact) mass is 364 g/mol.